The lowest BCUT2D eigenvalue weighted by Crippen LogP contribution is -2.36. The second-order valence-corrected chi connectivity index (χ2v) is 7.48. The van der Waals surface area contributed by atoms with Gasteiger partial charge in [0.2, 0.25) is 0 Å². The molecule has 160 valence electrons. The van der Waals surface area contributed by atoms with Crippen LogP contribution in [0.3, 0.4) is 0 Å². The molecule has 1 aliphatic rings. The lowest BCUT2D eigenvalue weighted by atomic mass is 10.1. The fourth-order valence-corrected chi connectivity index (χ4v) is 3.78. The highest BCUT2D eigenvalue weighted by Gasteiger charge is 2.16. The number of fused-ring (bicyclic) bond motifs is 1. The summed E-state index contributed by atoms with van der Waals surface area (Å²) in [4.78, 5) is 31.8. The Labute approximate surface area is 184 Å². The molecule has 1 saturated heterocycles. The van der Waals surface area contributed by atoms with Crippen LogP contribution in [0.2, 0.25) is 0 Å². The van der Waals surface area contributed by atoms with E-state index in [9.17, 15) is 9.59 Å². The molecule has 2 aromatic heterocycles. The minimum atomic E-state index is -0.375. The van der Waals surface area contributed by atoms with E-state index in [0.717, 1.165) is 24.3 Å². The van der Waals surface area contributed by atoms with E-state index in [1.54, 1.807) is 42.6 Å². The Hall–Kier alpha value is -3.97. The molecule has 1 aliphatic heterocycles. The zero-order valence-electron chi connectivity index (χ0n) is 17.3. The molecule has 3 heterocycles. The van der Waals surface area contributed by atoms with E-state index in [1.165, 1.54) is 6.07 Å². The number of amides is 1. The topological polar surface area (TPSA) is 84.7 Å². The van der Waals surface area contributed by atoms with Gasteiger partial charge < -0.3 is 19.4 Å². The van der Waals surface area contributed by atoms with Gasteiger partial charge in [0.25, 0.3) is 5.91 Å². The number of nitrogens with zero attached hydrogens (tertiary/aromatic N) is 2. The number of para-hydroxylation sites is 1. The van der Waals surface area contributed by atoms with Gasteiger partial charge in [-0.3, -0.25) is 14.6 Å². The summed E-state index contributed by atoms with van der Waals surface area (Å²) in [6, 6.07) is 19.6. The van der Waals surface area contributed by atoms with Crippen LogP contribution in [0.4, 0.5) is 11.4 Å². The Morgan fingerprint density at radius 3 is 2.62 bits per heavy atom. The van der Waals surface area contributed by atoms with Crippen LogP contribution in [0, 0.1) is 0 Å². The fraction of sp³-hybridized carbons (Fsp3) is 0.160. The first kappa shape index (κ1) is 20.0. The maximum absolute atomic E-state index is 12.9. The lowest BCUT2D eigenvalue weighted by Gasteiger charge is -2.29. The van der Waals surface area contributed by atoms with E-state index in [0.29, 0.717) is 35.6 Å². The van der Waals surface area contributed by atoms with Crippen LogP contribution >= 0.6 is 0 Å². The Morgan fingerprint density at radius 1 is 0.969 bits per heavy atom. The summed E-state index contributed by atoms with van der Waals surface area (Å²) in [5, 5.41) is 3.21. The average Bonchev–Trinajstić information content (AvgIpc) is 2.85. The molecule has 0 radical (unpaired) electrons. The van der Waals surface area contributed by atoms with Crippen molar-refractivity contribution >= 4 is 28.3 Å². The second kappa shape index (κ2) is 8.64. The number of morpholine rings is 1. The molecule has 4 aromatic rings. The fourth-order valence-electron chi connectivity index (χ4n) is 3.78. The van der Waals surface area contributed by atoms with Gasteiger partial charge in [0.1, 0.15) is 11.5 Å². The lowest BCUT2D eigenvalue weighted by molar-refractivity contribution is 0.102. The van der Waals surface area contributed by atoms with Crippen molar-refractivity contribution in [3.8, 4) is 11.3 Å². The summed E-state index contributed by atoms with van der Waals surface area (Å²) in [7, 11) is 0. The van der Waals surface area contributed by atoms with Crippen LogP contribution in [-0.4, -0.2) is 37.2 Å². The molecule has 0 aliphatic carbocycles. The third-order valence-corrected chi connectivity index (χ3v) is 5.41. The number of aromatic nitrogens is 1. The zero-order chi connectivity index (χ0) is 21.9. The zero-order valence-corrected chi connectivity index (χ0v) is 17.3. The van der Waals surface area contributed by atoms with Crippen molar-refractivity contribution in [2.75, 3.05) is 36.5 Å². The van der Waals surface area contributed by atoms with Crippen LogP contribution in [-0.2, 0) is 4.74 Å². The number of rotatable bonds is 4. The molecule has 0 saturated carbocycles. The minimum Gasteiger partial charge on any atom is -0.454 e. The molecular weight excluding hydrogens is 406 g/mol. The molecule has 5 rings (SSSR count). The largest absolute Gasteiger partial charge is 0.454 e. The number of carbonyl (C=O) groups excluding carboxylic acids is 1. The summed E-state index contributed by atoms with van der Waals surface area (Å²) in [6.07, 6.45) is 1.55. The van der Waals surface area contributed by atoms with Crippen LogP contribution in [0.5, 0.6) is 0 Å². The summed E-state index contributed by atoms with van der Waals surface area (Å²) in [5.41, 5.74) is 2.69. The molecule has 1 amide bonds. The van der Waals surface area contributed by atoms with Gasteiger partial charge in [0.15, 0.2) is 11.0 Å². The molecule has 7 heteroatoms. The Morgan fingerprint density at radius 2 is 1.81 bits per heavy atom. The monoisotopic (exact) mass is 427 g/mol. The number of pyridine rings is 1. The summed E-state index contributed by atoms with van der Waals surface area (Å²) in [6.45, 7) is 3.01. The Kier molecular flexibility index (Phi) is 5.39. The van der Waals surface area contributed by atoms with Gasteiger partial charge in [-0.25, -0.2) is 0 Å². The van der Waals surface area contributed by atoms with E-state index < -0.39 is 0 Å². The van der Waals surface area contributed by atoms with Crippen molar-refractivity contribution < 1.29 is 13.9 Å². The van der Waals surface area contributed by atoms with Gasteiger partial charge in [-0.15, -0.1) is 0 Å². The maximum Gasteiger partial charge on any atom is 0.274 e. The molecule has 32 heavy (non-hydrogen) atoms. The number of ether oxygens (including phenoxy) is 1. The van der Waals surface area contributed by atoms with Crippen LogP contribution in [0.25, 0.3) is 22.3 Å². The second-order valence-electron chi connectivity index (χ2n) is 7.48. The van der Waals surface area contributed by atoms with Gasteiger partial charge in [-0.05, 0) is 36.4 Å². The van der Waals surface area contributed by atoms with Crippen molar-refractivity contribution in [2.45, 2.75) is 0 Å². The highest BCUT2D eigenvalue weighted by Crippen LogP contribution is 2.29. The third-order valence-electron chi connectivity index (χ3n) is 5.41. The molecule has 2 aromatic carbocycles. The van der Waals surface area contributed by atoms with Crippen molar-refractivity contribution in [1.29, 1.82) is 0 Å². The molecule has 0 unspecified atom stereocenters. The van der Waals surface area contributed by atoms with Gasteiger partial charge in [0.05, 0.1) is 24.3 Å². The number of carbonyl (C=O) groups is 1. The van der Waals surface area contributed by atoms with E-state index >= 15 is 0 Å². The molecule has 1 N–H and O–H groups in total. The third kappa shape index (κ3) is 3.98. The first-order chi connectivity index (χ1) is 15.7. The Bertz CT molecular complexity index is 1330. The number of hydrogen-bond acceptors (Lipinski definition) is 6. The quantitative estimate of drug-likeness (QED) is 0.531. The predicted octanol–water partition coefficient (Wildman–Crippen LogP) is 3.94. The summed E-state index contributed by atoms with van der Waals surface area (Å²) < 4.78 is 11.6. The van der Waals surface area contributed by atoms with Crippen molar-refractivity contribution in [3.05, 3.63) is 88.8 Å². The molecule has 0 atom stereocenters. The van der Waals surface area contributed by atoms with Crippen molar-refractivity contribution in [1.82, 2.24) is 4.98 Å². The van der Waals surface area contributed by atoms with E-state index in [-0.39, 0.29) is 17.0 Å². The minimum absolute atomic E-state index is 0.174. The van der Waals surface area contributed by atoms with Gasteiger partial charge in [0, 0.05) is 36.6 Å². The van der Waals surface area contributed by atoms with E-state index in [1.807, 2.05) is 24.3 Å². The highest BCUT2D eigenvalue weighted by molar-refractivity contribution is 6.07. The molecule has 0 bridgehead atoms. The van der Waals surface area contributed by atoms with Crippen molar-refractivity contribution in [3.63, 3.8) is 0 Å². The molecule has 7 nitrogen and oxygen atoms in total. The first-order valence-corrected chi connectivity index (χ1v) is 10.4. The van der Waals surface area contributed by atoms with Gasteiger partial charge >= 0.3 is 0 Å². The van der Waals surface area contributed by atoms with Gasteiger partial charge in [-0.1, -0.05) is 24.3 Å². The van der Waals surface area contributed by atoms with E-state index in [4.69, 9.17) is 9.15 Å². The van der Waals surface area contributed by atoms with Gasteiger partial charge in [-0.2, -0.15) is 0 Å². The Balaban J connectivity index is 1.54. The molecule has 1 fully saturated rings. The van der Waals surface area contributed by atoms with Crippen LogP contribution in [0.1, 0.15) is 10.5 Å². The normalized spacial score (nSPS) is 13.8. The summed E-state index contributed by atoms with van der Waals surface area (Å²) in [5.74, 6) is 0.0672. The van der Waals surface area contributed by atoms with Crippen LogP contribution < -0.4 is 15.6 Å². The summed E-state index contributed by atoms with van der Waals surface area (Å²) >= 11 is 0. The van der Waals surface area contributed by atoms with E-state index in [2.05, 4.69) is 15.2 Å². The van der Waals surface area contributed by atoms with Crippen LogP contribution in [0.15, 0.2) is 82.1 Å². The number of anilines is 2. The number of benzene rings is 2. The first-order valence-electron chi connectivity index (χ1n) is 10.4. The highest BCUT2D eigenvalue weighted by atomic mass is 16.5. The predicted molar refractivity (Wildman–Crippen MR) is 123 cm³/mol. The SMILES string of the molecule is O=C(Nc1cccc2c(=O)cc(-c3cccc(N4CCOCC4)c3)oc12)c1ccccn1. The number of hydrogen-bond donors (Lipinski definition) is 1. The molecular formula is C25H21N3O4. The number of nitrogens with one attached hydrogen (secondary N) is 1. The maximum atomic E-state index is 12.9. The van der Waals surface area contributed by atoms with Crippen molar-refractivity contribution in [2.24, 2.45) is 0 Å². The average molecular weight is 427 g/mol. The smallest absolute Gasteiger partial charge is 0.274 e. The molecule has 0 spiro atoms. The standard InChI is InChI=1S/C25H21N3O4/c29-22-16-23(17-5-3-6-18(15-17)28-11-13-31-14-12-28)32-24-19(22)7-4-9-20(24)27-25(30)21-8-1-2-10-26-21/h1-10,15-16H,11-14H2,(H,27,30).